The zero-order valence-corrected chi connectivity index (χ0v) is 7.31. The van der Waals surface area contributed by atoms with E-state index in [0.717, 1.165) is 0 Å². The summed E-state index contributed by atoms with van der Waals surface area (Å²) in [7, 11) is 0. The molecule has 88 valence electrons. The first-order valence-corrected chi connectivity index (χ1v) is 4.00. The van der Waals surface area contributed by atoms with Gasteiger partial charge in [-0.15, -0.1) is 0 Å². The van der Waals surface area contributed by atoms with Crippen LogP contribution in [0, 0.1) is 0 Å². The summed E-state index contributed by atoms with van der Waals surface area (Å²) in [6.07, 6.45) is -10.0. The summed E-state index contributed by atoms with van der Waals surface area (Å²) in [6, 6.07) is 0. The Labute approximate surface area is 81.1 Å². The smallest absolute Gasteiger partial charge is 0.434 e. The average molecular weight is 234 g/mol. The quantitative estimate of drug-likeness (QED) is 0.544. The van der Waals surface area contributed by atoms with Crippen LogP contribution in [0.2, 0.25) is 0 Å². The zero-order valence-electron chi connectivity index (χ0n) is 7.31. The van der Waals surface area contributed by atoms with Crippen molar-refractivity contribution >= 4 is 6.16 Å². The van der Waals surface area contributed by atoms with Crippen LogP contribution in [0.15, 0.2) is 0 Å². The van der Waals surface area contributed by atoms with Crippen LogP contribution in [0.5, 0.6) is 0 Å². The monoisotopic (exact) mass is 234 g/mol. The van der Waals surface area contributed by atoms with Crippen molar-refractivity contribution in [3.8, 4) is 0 Å². The highest BCUT2D eigenvalue weighted by Crippen LogP contribution is 2.40. The first-order chi connectivity index (χ1) is 6.72. The SMILES string of the molecule is O=C1OCCC(CC(F)(F)C(F)(F)F)O1. The van der Waals surface area contributed by atoms with Crippen LogP contribution in [0.3, 0.4) is 0 Å². The highest BCUT2D eigenvalue weighted by atomic mass is 19.4. The zero-order chi connectivity index (χ0) is 11.7. The Morgan fingerprint density at radius 3 is 2.33 bits per heavy atom. The van der Waals surface area contributed by atoms with E-state index in [1.807, 2.05) is 0 Å². The van der Waals surface area contributed by atoms with Gasteiger partial charge in [-0.25, -0.2) is 4.79 Å². The predicted octanol–water partition coefficient (Wildman–Crippen LogP) is 2.50. The van der Waals surface area contributed by atoms with Gasteiger partial charge in [0.2, 0.25) is 0 Å². The maximum absolute atomic E-state index is 12.5. The van der Waals surface area contributed by atoms with Crippen molar-refractivity contribution in [2.75, 3.05) is 6.61 Å². The van der Waals surface area contributed by atoms with E-state index >= 15 is 0 Å². The van der Waals surface area contributed by atoms with Crippen molar-refractivity contribution in [2.45, 2.75) is 31.0 Å². The minimum Gasteiger partial charge on any atom is -0.434 e. The molecule has 1 saturated heterocycles. The Morgan fingerprint density at radius 2 is 1.87 bits per heavy atom. The van der Waals surface area contributed by atoms with E-state index in [0.29, 0.717) is 0 Å². The maximum Gasteiger partial charge on any atom is 0.508 e. The normalized spacial score (nSPS) is 23.3. The standard InChI is InChI=1S/C7H7F5O3/c8-6(9,7(10,11)12)3-4-1-2-14-5(13)15-4/h4H,1-3H2. The van der Waals surface area contributed by atoms with Crippen LogP contribution in [0.1, 0.15) is 12.8 Å². The Hall–Kier alpha value is -1.08. The van der Waals surface area contributed by atoms with E-state index in [1.165, 1.54) is 0 Å². The Kier molecular flexibility index (Phi) is 3.05. The second-order valence-corrected chi connectivity index (χ2v) is 3.03. The molecule has 0 bridgehead atoms. The molecule has 0 amide bonds. The average Bonchev–Trinajstić information content (AvgIpc) is 2.00. The first kappa shape index (κ1) is 12.0. The number of hydrogen-bond acceptors (Lipinski definition) is 3. The molecule has 1 atom stereocenters. The molecule has 1 aliphatic heterocycles. The number of hydrogen-bond donors (Lipinski definition) is 0. The first-order valence-electron chi connectivity index (χ1n) is 4.00. The van der Waals surface area contributed by atoms with Crippen molar-refractivity contribution in [3.05, 3.63) is 0 Å². The molecule has 1 heterocycles. The lowest BCUT2D eigenvalue weighted by molar-refractivity contribution is -0.291. The minimum atomic E-state index is -5.63. The van der Waals surface area contributed by atoms with Crippen LogP contribution in [-0.2, 0) is 9.47 Å². The molecule has 1 rings (SSSR count). The largest absolute Gasteiger partial charge is 0.508 e. The van der Waals surface area contributed by atoms with E-state index < -0.39 is 30.8 Å². The third-order valence-electron chi connectivity index (χ3n) is 1.82. The number of halogens is 5. The lowest BCUT2D eigenvalue weighted by Crippen LogP contribution is -2.42. The fourth-order valence-electron chi connectivity index (χ4n) is 1.05. The summed E-state index contributed by atoms with van der Waals surface area (Å²) in [4.78, 5) is 10.4. The molecular weight excluding hydrogens is 227 g/mol. The minimum absolute atomic E-state index is 0.169. The van der Waals surface area contributed by atoms with Crippen LogP contribution in [0.25, 0.3) is 0 Å². The molecule has 0 radical (unpaired) electrons. The number of carbonyl (C=O) groups excluding carboxylic acids is 1. The summed E-state index contributed by atoms with van der Waals surface area (Å²) in [6.45, 7) is -0.211. The molecule has 3 nitrogen and oxygen atoms in total. The molecule has 0 aromatic carbocycles. The maximum atomic E-state index is 12.5. The van der Waals surface area contributed by atoms with Gasteiger partial charge in [0, 0.05) is 6.42 Å². The molecule has 1 aliphatic rings. The molecule has 0 aliphatic carbocycles. The molecular formula is C7H7F5O3. The van der Waals surface area contributed by atoms with Gasteiger partial charge in [0.05, 0.1) is 13.0 Å². The third-order valence-corrected chi connectivity index (χ3v) is 1.82. The van der Waals surface area contributed by atoms with E-state index in [-0.39, 0.29) is 13.0 Å². The lowest BCUT2D eigenvalue weighted by atomic mass is 10.1. The third kappa shape index (κ3) is 2.93. The number of carbonyl (C=O) groups is 1. The molecule has 0 saturated carbocycles. The van der Waals surface area contributed by atoms with Crippen molar-refractivity contribution in [2.24, 2.45) is 0 Å². The highest BCUT2D eigenvalue weighted by Gasteiger charge is 2.58. The number of rotatable bonds is 2. The van der Waals surface area contributed by atoms with Crippen LogP contribution >= 0.6 is 0 Å². The summed E-state index contributed by atoms with van der Waals surface area (Å²) >= 11 is 0. The summed E-state index contributed by atoms with van der Waals surface area (Å²) in [5, 5.41) is 0. The molecule has 8 heteroatoms. The van der Waals surface area contributed by atoms with Gasteiger partial charge in [0.15, 0.2) is 0 Å². The Morgan fingerprint density at radius 1 is 1.27 bits per heavy atom. The Balaban J connectivity index is 2.57. The fourth-order valence-corrected chi connectivity index (χ4v) is 1.05. The predicted molar refractivity (Wildman–Crippen MR) is 36.5 cm³/mol. The second kappa shape index (κ2) is 3.82. The molecule has 1 fully saturated rings. The summed E-state index contributed by atoms with van der Waals surface area (Å²) in [5.41, 5.74) is 0. The fraction of sp³-hybridized carbons (Fsp3) is 0.857. The second-order valence-electron chi connectivity index (χ2n) is 3.03. The molecule has 0 aromatic heterocycles. The van der Waals surface area contributed by atoms with E-state index in [2.05, 4.69) is 9.47 Å². The van der Waals surface area contributed by atoms with Crippen LogP contribution in [-0.4, -0.2) is 31.0 Å². The number of alkyl halides is 5. The van der Waals surface area contributed by atoms with Crippen LogP contribution in [0.4, 0.5) is 26.7 Å². The van der Waals surface area contributed by atoms with Gasteiger partial charge < -0.3 is 9.47 Å². The van der Waals surface area contributed by atoms with Gasteiger partial charge in [-0.3, -0.25) is 0 Å². The summed E-state index contributed by atoms with van der Waals surface area (Å²) < 4.78 is 68.7. The number of cyclic esters (lactones) is 2. The van der Waals surface area contributed by atoms with Crippen molar-refractivity contribution in [1.82, 2.24) is 0 Å². The topological polar surface area (TPSA) is 35.5 Å². The van der Waals surface area contributed by atoms with E-state index in [1.54, 1.807) is 0 Å². The van der Waals surface area contributed by atoms with Gasteiger partial charge in [-0.1, -0.05) is 0 Å². The van der Waals surface area contributed by atoms with Gasteiger partial charge in [0.25, 0.3) is 0 Å². The van der Waals surface area contributed by atoms with Gasteiger partial charge in [-0.05, 0) is 0 Å². The molecule has 1 unspecified atom stereocenters. The lowest BCUT2D eigenvalue weighted by Gasteiger charge is -2.27. The van der Waals surface area contributed by atoms with Crippen molar-refractivity contribution < 1.29 is 36.2 Å². The Bertz CT molecular complexity index is 250. The van der Waals surface area contributed by atoms with Crippen molar-refractivity contribution in [1.29, 1.82) is 0 Å². The van der Waals surface area contributed by atoms with E-state index in [4.69, 9.17) is 0 Å². The molecule has 15 heavy (non-hydrogen) atoms. The van der Waals surface area contributed by atoms with E-state index in [9.17, 15) is 26.7 Å². The van der Waals surface area contributed by atoms with Gasteiger partial charge >= 0.3 is 18.3 Å². The van der Waals surface area contributed by atoms with Crippen LogP contribution < -0.4 is 0 Å². The molecule has 0 spiro atoms. The molecule has 0 N–H and O–H groups in total. The number of ether oxygens (including phenoxy) is 2. The van der Waals surface area contributed by atoms with Crippen molar-refractivity contribution in [3.63, 3.8) is 0 Å². The summed E-state index contributed by atoms with van der Waals surface area (Å²) in [5.74, 6) is -4.85. The highest BCUT2D eigenvalue weighted by molar-refractivity contribution is 5.60. The van der Waals surface area contributed by atoms with Gasteiger partial charge in [-0.2, -0.15) is 22.0 Å². The van der Waals surface area contributed by atoms with Gasteiger partial charge in [0.1, 0.15) is 6.10 Å². The molecule has 0 aromatic rings.